The van der Waals surface area contributed by atoms with Crippen LogP contribution in [0.25, 0.3) is 0 Å². The third-order valence-corrected chi connectivity index (χ3v) is 5.23. The molecule has 1 aliphatic rings. The standard InChI is InChI=1S/C21H37NO4/c1-3-4-7-10-16(26-2)13-14-18-17(19(23)15-20(18)24)11-8-5-6-9-12-21(22)25/h5,8,13-14,16-20,23-24H,3-4,6-7,9-12,15H2,1-2H3,(H2,22,25)/t16-,17+,18+,19-,20+/m0/s1. The maximum atomic E-state index is 10.7. The van der Waals surface area contributed by atoms with Crippen molar-refractivity contribution in [2.75, 3.05) is 7.11 Å². The first-order valence-electron chi connectivity index (χ1n) is 10.00. The van der Waals surface area contributed by atoms with Gasteiger partial charge in [-0.3, -0.25) is 4.79 Å². The van der Waals surface area contributed by atoms with Gasteiger partial charge in [0.15, 0.2) is 0 Å². The zero-order chi connectivity index (χ0) is 19.4. The van der Waals surface area contributed by atoms with Gasteiger partial charge in [0, 0.05) is 25.9 Å². The van der Waals surface area contributed by atoms with E-state index < -0.39 is 12.2 Å². The van der Waals surface area contributed by atoms with Gasteiger partial charge in [0.1, 0.15) is 0 Å². The van der Waals surface area contributed by atoms with Crippen LogP contribution in [0, 0.1) is 11.8 Å². The van der Waals surface area contributed by atoms with Crippen molar-refractivity contribution < 1.29 is 19.7 Å². The summed E-state index contributed by atoms with van der Waals surface area (Å²) < 4.78 is 5.52. The van der Waals surface area contributed by atoms with Gasteiger partial charge in [-0.15, -0.1) is 0 Å². The summed E-state index contributed by atoms with van der Waals surface area (Å²) in [5.41, 5.74) is 5.12. The predicted octanol–water partition coefficient (Wildman–Crippen LogP) is 3.10. The van der Waals surface area contributed by atoms with Crippen LogP contribution in [0.15, 0.2) is 24.3 Å². The number of allylic oxidation sites excluding steroid dienone is 2. The number of nitrogens with two attached hydrogens (primary N) is 1. The van der Waals surface area contributed by atoms with Crippen LogP contribution in [0.3, 0.4) is 0 Å². The van der Waals surface area contributed by atoms with Crippen molar-refractivity contribution in [3.05, 3.63) is 24.3 Å². The summed E-state index contributed by atoms with van der Waals surface area (Å²) >= 11 is 0. The van der Waals surface area contributed by atoms with Crippen LogP contribution in [0.2, 0.25) is 0 Å². The zero-order valence-electron chi connectivity index (χ0n) is 16.3. The lowest BCUT2D eigenvalue weighted by molar-refractivity contribution is -0.118. The maximum absolute atomic E-state index is 10.7. The first-order valence-corrected chi connectivity index (χ1v) is 10.00. The Balaban J connectivity index is 2.53. The molecule has 5 atom stereocenters. The summed E-state index contributed by atoms with van der Waals surface area (Å²) in [7, 11) is 1.72. The topological polar surface area (TPSA) is 92.8 Å². The first-order chi connectivity index (χ1) is 12.5. The molecule has 150 valence electrons. The number of amides is 1. The fourth-order valence-electron chi connectivity index (χ4n) is 3.61. The molecule has 5 heteroatoms. The molecule has 0 aromatic rings. The fourth-order valence-corrected chi connectivity index (χ4v) is 3.61. The Hall–Kier alpha value is -1.17. The number of hydrogen-bond acceptors (Lipinski definition) is 4. The zero-order valence-corrected chi connectivity index (χ0v) is 16.3. The van der Waals surface area contributed by atoms with Crippen LogP contribution in [0.5, 0.6) is 0 Å². The van der Waals surface area contributed by atoms with Crippen LogP contribution < -0.4 is 5.73 Å². The molecule has 0 spiro atoms. The summed E-state index contributed by atoms with van der Waals surface area (Å²) in [6.07, 6.45) is 14.8. The molecule has 4 N–H and O–H groups in total. The molecular weight excluding hydrogens is 330 g/mol. The smallest absolute Gasteiger partial charge is 0.217 e. The van der Waals surface area contributed by atoms with Crippen LogP contribution in [-0.4, -0.2) is 41.5 Å². The van der Waals surface area contributed by atoms with Crippen LogP contribution in [0.4, 0.5) is 0 Å². The molecule has 1 aliphatic carbocycles. The molecule has 0 aromatic carbocycles. The Labute approximate surface area is 158 Å². The quantitative estimate of drug-likeness (QED) is 0.344. The Kier molecular flexibility index (Phi) is 11.5. The minimum Gasteiger partial charge on any atom is -0.393 e. The summed E-state index contributed by atoms with van der Waals surface area (Å²) in [5.74, 6) is -0.310. The molecule has 1 amide bonds. The van der Waals surface area contributed by atoms with Crippen LogP contribution in [0.1, 0.15) is 64.7 Å². The van der Waals surface area contributed by atoms with E-state index in [1.54, 1.807) is 7.11 Å². The largest absolute Gasteiger partial charge is 0.393 e. The third kappa shape index (κ3) is 8.47. The Morgan fingerprint density at radius 3 is 2.65 bits per heavy atom. The molecule has 1 saturated carbocycles. The van der Waals surface area contributed by atoms with Crippen molar-refractivity contribution in [3.63, 3.8) is 0 Å². The first kappa shape index (κ1) is 22.9. The van der Waals surface area contributed by atoms with Gasteiger partial charge >= 0.3 is 0 Å². The number of primary amides is 1. The molecule has 5 nitrogen and oxygen atoms in total. The lowest BCUT2D eigenvalue weighted by Crippen LogP contribution is -2.20. The SMILES string of the molecule is CCCCC[C@@H](C=C[C@@H]1[C@@H](CC=CCCCC(N)=O)[C@@H](O)C[C@H]1O)OC. The summed E-state index contributed by atoms with van der Waals surface area (Å²) in [5, 5.41) is 20.6. The summed E-state index contributed by atoms with van der Waals surface area (Å²) in [6, 6.07) is 0. The van der Waals surface area contributed by atoms with Gasteiger partial charge in [0.2, 0.25) is 5.91 Å². The third-order valence-electron chi connectivity index (χ3n) is 5.23. The fraction of sp³-hybridized carbons (Fsp3) is 0.762. The molecule has 1 rings (SSSR count). The minimum atomic E-state index is -0.511. The van der Waals surface area contributed by atoms with E-state index in [1.165, 1.54) is 12.8 Å². The molecule has 0 radical (unpaired) electrons. The molecule has 0 heterocycles. The van der Waals surface area contributed by atoms with Crippen molar-refractivity contribution in [2.24, 2.45) is 17.6 Å². The number of hydrogen-bond donors (Lipinski definition) is 3. The molecule has 0 aliphatic heterocycles. The minimum absolute atomic E-state index is 0.0155. The molecule has 0 bridgehead atoms. The highest BCUT2D eigenvalue weighted by atomic mass is 16.5. The van der Waals surface area contributed by atoms with Crippen molar-refractivity contribution in [2.45, 2.75) is 83.0 Å². The average Bonchev–Trinajstić information content (AvgIpc) is 2.87. The second-order valence-corrected chi connectivity index (χ2v) is 7.33. The molecular formula is C21H37NO4. The molecule has 1 fully saturated rings. The van der Waals surface area contributed by atoms with Gasteiger partial charge in [0.05, 0.1) is 18.3 Å². The Morgan fingerprint density at radius 2 is 2.00 bits per heavy atom. The maximum Gasteiger partial charge on any atom is 0.217 e. The van der Waals surface area contributed by atoms with E-state index in [2.05, 4.69) is 6.92 Å². The number of carbonyl (C=O) groups is 1. The summed E-state index contributed by atoms with van der Waals surface area (Å²) in [6.45, 7) is 2.18. The number of aliphatic hydroxyl groups is 2. The number of unbranched alkanes of at least 4 members (excludes halogenated alkanes) is 3. The van der Waals surface area contributed by atoms with Crippen molar-refractivity contribution in [1.29, 1.82) is 0 Å². The number of aliphatic hydroxyl groups excluding tert-OH is 2. The highest BCUT2D eigenvalue weighted by Gasteiger charge is 2.39. The van der Waals surface area contributed by atoms with Crippen molar-refractivity contribution >= 4 is 5.91 Å². The van der Waals surface area contributed by atoms with Gasteiger partial charge in [0.25, 0.3) is 0 Å². The Bertz CT molecular complexity index is 449. The van der Waals surface area contributed by atoms with Crippen molar-refractivity contribution in [1.82, 2.24) is 0 Å². The predicted molar refractivity (Wildman–Crippen MR) is 104 cm³/mol. The monoisotopic (exact) mass is 367 g/mol. The van der Waals surface area contributed by atoms with E-state index >= 15 is 0 Å². The van der Waals surface area contributed by atoms with E-state index in [9.17, 15) is 15.0 Å². The molecule has 0 unspecified atom stereocenters. The van der Waals surface area contributed by atoms with Gasteiger partial charge in [-0.2, -0.15) is 0 Å². The van der Waals surface area contributed by atoms with Crippen LogP contribution >= 0.6 is 0 Å². The molecule has 0 aromatic heterocycles. The second kappa shape index (κ2) is 13.1. The van der Waals surface area contributed by atoms with E-state index in [4.69, 9.17) is 10.5 Å². The van der Waals surface area contributed by atoms with Gasteiger partial charge < -0.3 is 20.7 Å². The van der Waals surface area contributed by atoms with Gasteiger partial charge in [-0.1, -0.05) is 50.5 Å². The van der Waals surface area contributed by atoms with E-state index in [0.717, 1.165) is 32.1 Å². The Morgan fingerprint density at radius 1 is 1.23 bits per heavy atom. The molecule has 0 saturated heterocycles. The average molecular weight is 368 g/mol. The van der Waals surface area contributed by atoms with Gasteiger partial charge in [-0.25, -0.2) is 0 Å². The van der Waals surface area contributed by atoms with Crippen LogP contribution in [-0.2, 0) is 9.53 Å². The van der Waals surface area contributed by atoms with E-state index in [0.29, 0.717) is 12.8 Å². The summed E-state index contributed by atoms with van der Waals surface area (Å²) in [4.78, 5) is 10.7. The number of methoxy groups -OCH3 is 1. The van der Waals surface area contributed by atoms with E-state index in [1.807, 2.05) is 24.3 Å². The highest BCUT2D eigenvalue weighted by molar-refractivity contribution is 5.73. The lowest BCUT2D eigenvalue weighted by Gasteiger charge is -2.20. The number of carbonyl (C=O) groups excluding carboxylic acids is 1. The lowest BCUT2D eigenvalue weighted by atomic mass is 9.89. The van der Waals surface area contributed by atoms with E-state index in [-0.39, 0.29) is 23.8 Å². The highest BCUT2D eigenvalue weighted by Crippen LogP contribution is 2.36. The number of ether oxygens (including phenoxy) is 1. The molecule has 26 heavy (non-hydrogen) atoms. The second-order valence-electron chi connectivity index (χ2n) is 7.33. The van der Waals surface area contributed by atoms with Crippen molar-refractivity contribution in [3.8, 4) is 0 Å². The normalized spacial score (nSPS) is 27.5. The number of rotatable bonds is 13. The van der Waals surface area contributed by atoms with Gasteiger partial charge in [-0.05, 0) is 31.6 Å².